The zero-order valence-electron chi connectivity index (χ0n) is 12.6. The number of imidazole rings is 1. The molecule has 114 valence electrons. The van der Waals surface area contributed by atoms with Crippen molar-refractivity contribution >= 4 is 22.5 Å². The number of carbonyl (C=O) groups is 1. The van der Waals surface area contributed by atoms with Gasteiger partial charge in [-0.1, -0.05) is 12.1 Å². The lowest BCUT2D eigenvalue weighted by molar-refractivity contribution is 0.0952. The molecule has 2 N–H and O–H groups in total. The number of carbonyl (C=O) groups excluding carboxylic acids is 1. The van der Waals surface area contributed by atoms with E-state index in [1.165, 1.54) is 0 Å². The molecule has 23 heavy (non-hydrogen) atoms. The van der Waals surface area contributed by atoms with Crippen molar-refractivity contribution in [1.29, 1.82) is 0 Å². The minimum atomic E-state index is -0.134. The lowest BCUT2D eigenvalue weighted by atomic mass is 10.1. The van der Waals surface area contributed by atoms with Gasteiger partial charge in [0.05, 0.1) is 29.5 Å². The van der Waals surface area contributed by atoms with Gasteiger partial charge in [-0.3, -0.25) is 9.89 Å². The Morgan fingerprint density at radius 1 is 1.26 bits per heavy atom. The minimum Gasteiger partial charge on any atom is -0.346 e. The number of rotatable bonds is 3. The molecule has 6 nitrogen and oxygen atoms in total. The topological polar surface area (TPSA) is 75.1 Å². The number of H-pyrrole nitrogens is 1. The van der Waals surface area contributed by atoms with E-state index >= 15 is 0 Å². The van der Waals surface area contributed by atoms with Gasteiger partial charge in [0, 0.05) is 17.8 Å². The van der Waals surface area contributed by atoms with Gasteiger partial charge >= 0.3 is 0 Å². The molecule has 0 aliphatic carbocycles. The van der Waals surface area contributed by atoms with Gasteiger partial charge in [0.25, 0.3) is 5.91 Å². The largest absolute Gasteiger partial charge is 0.346 e. The van der Waals surface area contributed by atoms with Crippen LogP contribution in [0.4, 0.5) is 0 Å². The predicted octanol–water partition coefficient (Wildman–Crippen LogP) is 2.45. The first kappa shape index (κ1) is 13.5. The van der Waals surface area contributed by atoms with E-state index in [1.807, 2.05) is 48.0 Å². The van der Waals surface area contributed by atoms with Gasteiger partial charge in [-0.15, -0.1) is 0 Å². The fourth-order valence-electron chi connectivity index (χ4n) is 2.67. The number of hydrogen-bond donors (Lipinski definition) is 2. The van der Waals surface area contributed by atoms with Crippen LogP contribution in [-0.2, 0) is 6.54 Å². The van der Waals surface area contributed by atoms with Crippen molar-refractivity contribution < 1.29 is 4.79 Å². The molecule has 1 aromatic carbocycles. The highest BCUT2D eigenvalue weighted by molar-refractivity contribution is 6.05. The molecule has 0 aliphatic heterocycles. The molecule has 0 spiro atoms. The number of nitrogens with one attached hydrogen (secondary N) is 2. The second-order valence-corrected chi connectivity index (χ2v) is 5.52. The number of pyridine rings is 1. The van der Waals surface area contributed by atoms with Crippen molar-refractivity contribution in [1.82, 2.24) is 24.9 Å². The quantitative estimate of drug-likeness (QED) is 0.610. The number of hydrogen-bond acceptors (Lipinski definition) is 3. The van der Waals surface area contributed by atoms with Crippen LogP contribution in [0.3, 0.4) is 0 Å². The van der Waals surface area contributed by atoms with E-state index in [4.69, 9.17) is 0 Å². The van der Waals surface area contributed by atoms with Crippen LogP contribution >= 0.6 is 0 Å². The normalized spacial score (nSPS) is 11.2. The van der Waals surface area contributed by atoms with E-state index in [-0.39, 0.29) is 5.91 Å². The van der Waals surface area contributed by atoms with Crippen LogP contribution in [0.25, 0.3) is 16.6 Å². The van der Waals surface area contributed by atoms with Crippen molar-refractivity contribution in [3.8, 4) is 0 Å². The van der Waals surface area contributed by atoms with E-state index in [0.717, 1.165) is 27.8 Å². The van der Waals surface area contributed by atoms with E-state index < -0.39 is 0 Å². The Bertz CT molecular complexity index is 1010. The highest BCUT2D eigenvalue weighted by Crippen LogP contribution is 2.16. The molecular weight excluding hydrogens is 290 g/mol. The Hall–Kier alpha value is -3.15. The Kier molecular flexibility index (Phi) is 3.08. The van der Waals surface area contributed by atoms with Crippen LogP contribution in [0.15, 0.2) is 48.9 Å². The first-order valence-corrected chi connectivity index (χ1v) is 7.35. The lowest BCUT2D eigenvalue weighted by Gasteiger charge is -2.04. The van der Waals surface area contributed by atoms with Gasteiger partial charge in [0.1, 0.15) is 5.65 Å². The van der Waals surface area contributed by atoms with Gasteiger partial charge in [0.15, 0.2) is 0 Å². The van der Waals surface area contributed by atoms with Crippen LogP contribution < -0.4 is 5.32 Å². The molecule has 0 saturated carbocycles. The fraction of sp³-hybridized carbons (Fsp3) is 0.118. The molecule has 6 heteroatoms. The SMILES string of the molecule is Cc1ccc2nc(CNC(=O)c3cccc4[nH]ncc34)cn2c1. The number of aryl methyl sites for hydroxylation is 1. The van der Waals surface area contributed by atoms with Gasteiger partial charge in [-0.2, -0.15) is 5.10 Å². The van der Waals surface area contributed by atoms with Crippen molar-refractivity contribution in [2.45, 2.75) is 13.5 Å². The minimum absolute atomic E-state index is 0.134. The van der Waals surface area contributed by atoms with Crippen LogP contribution in [0.2, 0.25) is 0 Å². The second kappa shape index (κ2) is 5.24. The van der Waals surface area contributed by atoms with E-state index in [0.29, 0.717) is 12.1 Å². The number of benzene rings is 1. The molecule has 0 unspecified atom stereocenters. The zero-order valence-corrected chi connectivity index (χ0v) is 12.6. The van der Waals surface area contributed by atoms with E-state index in [1.54, 1.807) is 12.3 Å². The third-order valence-corrected chi connectivity index (χ3v) is 3.81. The molecule has 0 atom stereocenters. The first-order chi connectivity index (χ1) is 11.2. The number of nitrogens with zero attached hydrogens (tertiary/aromatic N) is 3. The molecule has 0 fully saturated rings. The Labute approximate surface area is 132 Å². The van der Waals surface area contributed by atoms with Gasteiger partial charge in [-0.05, 0) is 30.7 Å². The van der Waals surface area contributed by atoms with Crippen LogP contribution in [-0.4, -0.2) is 25.5 Å². The number of aromatic amines is 1. The third kappa shape index (κ3) is 2.44. The number of amides is 1. The van der Waals surface area contributed by atoms with E-state index in [9.17, 15) is 4.79 Å². The third-order valence-electron chi connectivity index (χ3n) is 3.81. The van der Waals surface area contributed by atoms with Crippen molar-refractivity contribution in [3.05, 3.63) is 65.7 Å². The molecule has 0 aliphatic rings. The lowest BCUT2D eigenvalue weighted by Crippen LogP contribution is -2.23. The summed E-state index contributed by atoms with van der Waals surface area (Å²) in [6.07, 6.45) is 5.61. The first-order valence-electron chi connectivity index (χ1n) is 7.35. The van der Waals surface area contributed by atoms with E-state index in [2.05, 4.69) is 20.5 Å². The maximum atomic E-state index is 12.4. The zero-order chi connectivity index (χ0) is 15.8. The highest BCUT2D eigenvalue weighted by Gasteiger charge is 2.11. The summed E-state index contributed by atoms with van der Waals surface area (Å²) in [6, 6.07) is 9.50. The fourth-order valence-corrected chi connectivity index (χ4v) is 2.67. The monoisotopic (exact) mass is 305 g/mol. The number of fused-ring (bicyclic) bond motifs is 2. The molecule has 4 rings (SSSR count). The summed E-state index contributed by atoms with van der Waals surface area (Å²) in [6.45, 7) is 2.42. The summed E-state index contributed by atoms with van der Waals surface area (Å²) in [4.78, 5) is 16.9. The van der Waals surface area contributed by atoms with Crippen molar-refractivity contribution in [2.24, 2.45) is 0 Å². The average molecular weight is 305 g/mol. The van der Waals surface area contributed by atoms with Crippen LogP contribution in [0.1, 0.15) is 21.6 Å². The molecular formula is C17H15N5O. The average Bonchev–Trinajstić information content (AvgIpc) is 3.17. The maximum Gasteiger partial charge on any atom is 0.252 e. The molecule has 1 amide bonds. The summed E-state index contributed by atoms with van der Waals surface area (Å²) in [5.74, 6) is -0.134. The summed E-state index contributed by atoms with van der Waals surface area (Å²) in [7, 11) is 0. The molecule has 0 saturated heterocycles. The molecule has 3 heterocycles. The molecule has 0 radical (unpaired) electrons. The molecule has 4 aromatic rings. The Morgan fingerprint density at radius 3 is 3.09 bits per heavy atom. The maximum absolute atomic E-state index is 12.4. The number of aromatic nitrogens is 4. The standard InChI is InChI=1S/C17H15N5O/c1-11-5-6-16-20-12(10-22(16)9-11)7-18-17(23)13-3-2-4-15-14(13)8-19-21-15/h2-6,8-10H,7H2,1H3,(H,18,23)(H,19,21). The Balaban J connectivity index is 1.55. The summed E-state index contributed by atoms with van der Waals surface area (Å²) >= 11 is 0. The van der Waals surface area contributed by atoms with Crippen LogP contribution in [0, 0.1) is 6.92 Å². The highest BCUT2D eigenvalue weighted by atomic mass is 16.1. The van der Waals surface area contributed by atoms with Crippen molar-refractivity contribution in [2.75, 3.05) is 0 Å². The molecule has 3 aromatic heterocycles. The summed E-state index contributed by atoms with van der Waals surface area (Å²) < 4.78 is 1.97. The molecule has 0 bridgehead atoms. The van der Waals surface area contributed by atoms with Gasteiger partial charge in [-0.25, -0.2) is 4.98 Å². The van der Waals surface area contributed by atoms with Crippen molar-refractivity contribution in [3.63, 3.8) is 0 Å². The van der Waals surface area contributed by atoms with Gasteiger partial charge in [0.2, 0.25) is 0 Å². The summed E-state index contributed by atoms with van der Waals surface area (Å²) in [5, 5.41) is 10.6. The second-order valence-electron chi connectivity index (χ2n) is 5.52. The van der Waals surface area contributed by atoms with Gasteiger partial charge < -0.3 is 9.72 Å². The summed E-state index contributed by atoms with van der Waals surface area (Å²) in [5.41, 5.74) is 4.31. The van der Waals surface area contributed by atoms with Crippen LogP contribution in [0.5, 0.6) is 0 Å². The Morgan fingerprint density at radius 2 is 2.17 bits per heavy atom. The predicted molar refractivity (Wildman–Crippen MR) is 87.2 cm³/mol. The smallest absolute Gasteiger partial charge is 0.252 e.